The van der Waals surface area contributed by atoms with Gasteiger partial charge in [-0.3, -0.25) is 0 Å². The number of aromatic nitrogens is 1. The van der Waals surface area contributed by atoms with Gasteiger partial charge in [0.25, 0.3) is 0 Å². The fourth-order valence-corrected chi connectivity index (χ4v) is 1.77. The number of aryl methyl sites for hydroxylation is 2. The lowest BCUT2D eigenvalue weighted by molar-refractivity contribution is 0.439. The van der Waals surface area contributed by atoms with Crippen molar-refractivity contribution in [3.05, 3.63) is 40.1 Å². The zero-order chi connectivity index (χ0) is 12.3. The lowest BCUT2D eigenvalue weighted by Gasteiger charge is -2.02. The third kappa shape index (κ3) is 2.36. The van der Waals surface area contributed by atoms with Gasteiger partial charge in [0.15, 0.2) is 5.89 Å². The van der Waals surface area contributed by atoms with Crippen molar-refractivity contribution in [3.63, 3.8) is 0 Å². The van der Waals surface area contributed by atoms with Crippen molar-refractivity contribution < 1.29 is 4.42 Å². The molecule has 1 aromatic carbocycles. The number of fused-ring (bicyclic) bond motifs is 1. The van der Waals surface area contributed by atoms with E-state index in [4.69, 9.17) is 10.8 Å². The molecule has 0 unspecified atom stereocenters. The zero-order valence-corrected chi connectivity index (χ0v) is 9.69. The van der Waals surface area contributed by atoms with Crippen LogP contribution in [0.15, 0.2) is 27.4 Å². The Morgan fingerprint density at radius 2 is 2.29 bits per heavy atom. The Bertz CT molecular complexity index is 635. The molecule has 0 bridgehead atoms. The van der Waals surface area contributed by atoms with E-state index in [2.05, 4.69) is 10.9 Å². The van der Waals surface area contributed by atoms with Gasteiger partial charge in [-0.1, -0.05) is 12.1 Å². The van der Waals surface area contributed by atoms with Crippen LogP contribution in [-0.2, 0) is 6.42 Å². The normalized spacial score (nSPS) is 10.4. The molecule has 0 aliphatic heterocycles. The highest BCUT2D eigenvalue weighted by molar-refractivity contribution is 5.80. The van der Waals surface area contributed by atoms with Gasteiger partial charge in [0, 0.05) is 12.8 Å². The number of unbranched alkanes of at least 4 members (excludes halogenated alkanes) is 1. The van der Waals surface area contributed by atoms with Crippen LogP contribution in [0.25, 0.3) is 10.9 Å². The van der Waals surface area contributed by atoms with E-state index >= 15 is 0 Å². The Hall–Kier alpha value is -2.08. The summed E-state index contributed by atoms with van der Waals surface area (Å²) >= 11 is 0. The molecule has 3 heteroatoms. The van der Waals surface area contributed by atoms with Gasteiger partial charge in [-0.25, -0.2) is 9.78 Å². The Labute approximate surface area is 99.5 Å². The molecule has 0 spiro atoms. The molecular weight excluding hydrogens is 214 g/mol. The molecule has 0 fully saturated rings. The topological polar surface area (TPSA) is 43.1 Å². The number of hydrogen-bond donors (Lipinski definition) is 0. The first kappa shape index (κ1) is 11.4. The summed E-state index contributed by atoms with van der Waals surface area (Å²) in [6, 6.07) is 5.58. The first-order valence-corrected chi connectivity index (χ1v) is 5.55. The molecule has 2 aromatic rings. The van der Waals surface area contributed by atoms with Gasteiger partial charge in [-0.2, -0.15) is 0 Å². The van der Waals surface area contributed by atoms with Crippen LogP contribution >= 0.6 is 0 Å². The molecule has 2 rings (SSSR count). The van der Waals surface area contributed by atoms with E-state index in [9.17, 15) is 4.79 Å². The fraction of sp³-hybridized carbons (Fsp3) is 0.286. The molecule has 0 atom stereocenters. The van der Waals surface area contributed by atoms with Crippen LogP contribution in [-0.4, -0.2) is 4.98 Å². The third-order valence-corrected chi connectivity index (χ3v) is 2.62. The van der Waals surface area contributed by atoms with E-state index in [0.29, 0.717) is 29.6 Å². The second kappa shape index (κ2) is 4.84. The summed E-state index contributed by atoms with van der Waals surface area (Å²) in [5, 5.41) is 0.563. The predicted molar refractivity (Wildman–Crippen MR) is 66.8 cm³/mol. The van der Waals surface area contributed by atoms with E-state index in [1.54, 1.807) is 0 Å². The number of benzene rings is 1. The van der Waals surface area contributed by atoms with E-state index in [1.165, 1.54) is 0 Å². The predicted octanol–water partition coefficient (Wildman–Crippen LogP) is 2.45. The smallest absolute Gasteiger partial charge is 0.347 e. The van der Waals surface area contributed by atoms with Crippen molar-refractivity contribution in [2.75, 3.05) is 0 Å². The molecule has 0 aliphatic carbocycles. The van der Waals surface area contributed by atoms with Gasteiger partial charge in [0.1, 0.15) is 0 Å². The zero-order valence-electron chi connectivity index (χ0n) is 9.69. The summed E-state index contributed by atoms with van der Waals surface area (Å²) in [7, 11) is 0. The van der Waals surface area contributed by atoms with Crippen molar-refractivity contribution in [2.24, 2.45) is 0 Å². The molecule has 1 heterocycles. The van der Waals surface area contributed by atoms with Gasteiger partial charge >= 0.3 is 5.63 Å². The Kier molecular flexibility index (Phi) is 3.24. The van der Waals surface area contributed by atoms with Crippen LogP contribution in [0.4, 0.5) is 0 Å². The van der Waals surface area contributed by atoms with Gasteiger partial charge in [0.05, 0.1) is 10.9 Å². The van der Waals surface area contributed by atoms with Crippen molar-refractivity contribution in [1.82, 2.24) is 4.98 Å². The summed E-state index contributed by atoms with van der Waals surface area (Å²) in [6.45, 7) is 1.87. The van der Waals surface area contributed by atoms with Gasteiger partial charge < -0.3 is 4.42 Å². The lowest BCUT2D eigenvalue weighted by Crippen LogP contribution is -2.06. The molecule has 86 valence electrons. The molecule has 17 heavy (non-hydrogen) atoms. The van der Waals surface area contributed by atoms with Gasteiger partial charge in [-0.05, 0) is 25.0 Å². The molecule has 0 aliphatic rings. The minimum Gasteiger partial charge on any atom is -0.408 e. The Morgan fingerprint density at radius 3 is 3.06 bits per heavy atom. The minimum atomic E-state index is -0.316. The molecule has 0 radical (unpaired) electrons. The third-order valence-electron chi connectivity index (χ3n) is 2.62. The lowest BCUT2D eigenvalue weighted by atomic mass is 10.1. The summed E-state index contributed by atoms with van der Waals surface area (Å²) < 4.78 is 5.18. The minimum absolute atomic E-state index is 0.316. The quantitative estimate of drug-likeness (QED) is 0.597. The number of rotatable bonds is 3. The largest absolute Gasteiger partial charge is 0.408 e. The molecule has 1 aromatic heterocycles. The number of hydrogen-bond acceptors (Lipinski definition) is 3. The number of terminal acetylenes is 1. The maximum Gasteiger partial charge on any atom is 0.347 e. The standard InChI is InChI=1S/C14H13NO2/c1-3-4-5-9-12-15-11-8-6-7-10(2)13(11)14(16)17-12/h1,6-8H,4-5,9H2,2H3. The molecule has 3 nitrogen and oxygen atoms in total. The molecular formula is C14H13NO2. The molecule has 0 N–H and O–H groups in total. The van der Waals surface area contributed by atoms with Crippen LogP contribution in [0, 0.1) is 19.3 Å². The average Bonchev–Trinajstić information content (AvgIpc) is 2.29. The fourth-order valence-electron chi connectivity index (χ4n) is 1.77. The second-order valence-electron chi connectivity index (χ2n) is 3.92. The second-order valence-corrected chi connectivity index (χ2v) is 3.92. The molecule has 0 saturated heterocycles. The van der Waals surface area contributed by atoms with Crippen LogP contribution in [0.1, 0.15) is 24.3 Å². The number of nitrogens with zero attached hydrogens (tertiary/aromatic N) is 1. The molecule has 0 amide bonds. The SMILES string of the molecule is C#CCCCc1nc2cccc(C)c2c(=O)o1. The summed E-state index contributed by atoms with van der Waals surface area (Å²) in [5.41, 5.74) is 1.26. The summed E-state index contributed by atoms with van der Waals surface area (Å²) in [6.07, 6.45) is 7.22. The van der Waals surface area contributed by atoms with Gasteiger partial charge in [-0.15, -0.1) is 12.3 Å². The highest BCUT2D eigenvalue weighted by Crippen LogP contribution is 2.13. The first-order valence-electron chi connectivity index (χ1n) is 5.55. The summed E-state index contributed by atoms with van der Waals surface area (Å²) in [4.78, 5) is 16.1. The van der Waals surface area contributed by atoms with Crippen LogP contribution in [0.2, 0.25) is 0 Å². The van der Waals surface area contributed by atoms with E-state index in [0.717, 1.165) is 12.0 Å². The van der Waals surface area contributed by atoms with Crippen molar-refractivity contribution in [3.8, 4) is 12.3 Å². The Morgan fingerprint density at radius 1 is 1.47 bits per heavy atom. The van der Waals surface area contributed by atoms with E-state index in [1.807, 2.05) is 25.1 Å². The van der Waals surface area contributed by atoms with Crippen LogP contribution in [0.3, 0.4) is 0 Å². The highest BCUT2D eigenvalue weighted by Gasteiger charge is 2.07. The van der Waals surface area contributed by atoms with Crippen molar-refractivity contribution in [2.45, 2.75) is 26.2 Å². The highest BCUT2D eigenvalue weighted by atomic mass is 16.4. The maximum atomic E-state index is 11.8. The average molecular weight is 227 g/mol. The van der Waals surface area contributed by atoms with Crippen molar-refractivity contribution in [1.29, 1.82) is 0 Å². The van der Waals surface area contributed by atoms with Crippen molar-refractivity contribution >= 4 is 10.9 Å². The van der Waals surface area contributed by atoms with Crippen LogP contribution in [0.5, 0.6) is 0 Å². The van der Waals surface area contributed by atoms with Crippen LogP contribution < -0.4 is 5.63 Å². The first-order chi connectivity index (χ1) is 8.22. The van der Waals surface area contributed by atoms with Gasteiger partial charge in [0.2, 0.25) is 0 Å². The van der Waals surface area contributed by atoms with E-state index in [-0.39, 0.29) is 5.63 Å². The summed E-state index contributed by atoms with van der Waals surface area (Å²) in [5.74, 6) is 3.01. The monoisotopic (exact) mass is 227 g/mol. The molecule has 0 saturated carbocycles. The Balaban J connectivity index is 2.43. The maximum absolute atomic E-state index is 11.8. The van der Waals surface area contributed by atoms with E-state index < -0.39 is 0 Å².